The highest BCUT2D eigenvalue weighted by Crippen LogP contribution is 2.29. The van der Waals surface area contributed by atoms with E-state index in [1.54, 1.807) is 0 Å². The van der Waals surface area contributed by atoms with Crippen LogP contribution in [0.15, 0.2) is 36.4 Å². The maximum absolute atomic E-state index is 6.04. The summed E-state index contributed by atoms with van der Waals surface area (Å²) in [5.74, 6) is 1.87. The topological polar surface area (TPSA) is 21.3 Å². The van der Waals surface area contributed by atoms with Gasteiger partial charge in [0, 0.05) is 6.54 Å². The molecule has 0 fully saturated rings. The summed E-state index contributed by atoms with van der Waals surface area (Å²) in [6.07, 6.45) is 5.02. The Balaban J connectivity index is 1.78. The number of hydrogen-bond acceptors (Lipinski definition) is 2. The van der Waals surface area contributed by atoms with Gasteiger partial charge in [-0.1, -0.05) is 12.1 Å². The molecule has 2 aromatic rings. The molecule has 0 bridgehead atoms. The highest BCUT2D eigenvalue weighted by Gasteiger charge is 2.10. The molecule has 0 unspecified atom stereocenters. The minimum absolute atomic E-state index is 0.894. The van der Waals surface area contributed by atoms with E-state index in [-0.39, 0.29) is 0 Å². The molecule has 0 saturated carbocycles. The largest absolute Gasteiger partial charge is 0.457 e. The summed E-state index contributed by atoms with van der Waals surface area (Å²) in [6, 6.07) is 12.9. The summed E-state index contributed by atoms with van der Waals surface area (Å²) in [7, 11) is 1.97. The Morgan fingerprint density at radius 2 is 1.67 bits per heavy atom. The summed E-state index contributed by atoms with van der Waals surface area (Å²) < 4.78 is 6.04. The van der Waals surface area contributed by atoms with E-state index in [4.69, 9.17) is 4.74 Å². The Morgan fingerprint density at radius 1 is 0.952 bits per heavy atom. The van der Waals surface area contributed by atoms with E-state index in [0.717, 1.165) is 18.0 Å². The third kappa shape index (κ3) is 3.27. The van der Waals surface area contributed by atoms with Crippen LogP contribution in [0.25, 0.3) is 0 Å². The Bertz CT molecular complexity index is 633. The lowest BCUT2D eigenvalue weighted by atomic mass is 9.92. The summed E-state index contributed by atoms with van der Waals surface area (Å²) in [6.45, 7) is 3.03. The molecule has 3 rings (SSSR count). The van der Waals surface area contributed by atoms with E-state index in [1.807, 2.05) is 7.05 Å². The van der Waals surface area contributed by atoms with E-state index in [9.17, 15) is 0 Å². The number of aryl methyl sites for hydroxylation is 3. The average Bonchev–Trinajstić information content (AvgIpc) is 2.50. The van der Waals surface area contributed by atoms with Gasteiger partial charge < -0.3 is 10.1 Å². The van der Waals surface area contributed by atoms with Crippen LogP contribution in [0.5, 0.6) is 11.5 Å². The number of rotatable bonds is 4. The predicted molar refractivity (Wildman–Crippen MR) is 87.1 cm³/mol. The highest BCUT2D eigenvalue weighted by atomic mass is 16.5. The molecule has 0 amide bonds. The lowest BCUT2D eigenvalue weighted by molar-refractivity contribution is 0.480. The first kappa shape index (κ1) is 14.2. The molecule has 0 spiro atoms. The van der Waals surface area contributed by atoms with Crippen molar-refractivity contribution < 1.29 is 4.74 Å². The van der Waals surface area contributed by atoms with Crippen molar-refractivity contribution in [3.8, 4) is 11.5 Å². The van der Waals surface area contributed by atoms with E-state index in [0.29, 0.717) is 0 Å². The molecule has 2 aromatic carbocycles. The molecule has 0 saturated heterocycles. The van der Waals surface area contributed by atoms with Gasteiger partial charge in [0.25, 0.3) is 0 Å². The number of fused-ring (bicyclic) bond motifs is 1. The van der Waals surface area contributed by atoms with Crippen molar-refractivity contribution in [2.75, 3.05) is 7.05 Å². The van der Waals surface area contributed by atoms with E-state index in [2.05, 4.69) is 48.6 Å². The van der Waals surface area contributed by atoms with Crippen molar-refractivity contribution >= 4 is 0 Å². The van der Waals surface area contributed by atoms with Crippen molar-refractivity contribution in [1.82, 2.24) is 5.32 Å². The monoisotopic (exact) mass is 281 g/mol. The minimum atomic E-state index is 0.894. The van der Waals surface area contributed by atoms with Crippen LogP contribution in [-0.2, 0) is 19.4 Å². The summed E-state index contributed by atoms with van der Waals surface area (Å²) in [5.41, 5.74) is 5.53. The molecule has 0 radical (unpaired) electrons. The zero-order valence-corrected chi connectivity index (χ0v) is 12.9. The Kier molecular flexibility index (Phi) is 4.26. The molecule has 0 aromatic heterocycles. The fraction of sp³-hybridized carbons (Fsp3) is 0.368. The summed E-state index contributed by atoms with van der Waals surface area (Å²) in [5, 5.41) is 3.19. The van der Waals surface area contributed by atoms with Crippen molar-refractivity contribution in [2.45, 2.75) is 39.2 Å². The van der Waals surface area contributed by atoms with Gasteiger partial charge in [0.05, 0.1) is 0 Å². The smallest absolute Gasteiger partial charge is 0.127 e. The van der Waals surface area contributed by atoms with E-state index >= 15 is 0 Å². The van der Waals surface area contributed by atoms with Gasteiger partial charge >= 0.3 is 0 Å². The van der Waals surface area contributed by atoms with Gasteiger partial charge in [-0.15, -0.1) is 0 Å². The normalized spacial score (nSPS) is 13.8. The van der Waals surface area contributed by atoms with Gasteiger partial charge in [0.2, 0.25) is 0 Å². The highest BCUT2D eigenvalue weighted by molar-refractivity contribution is 5.41. The van der Waals surface area contributed by atoms with Crippen molar-refractivity contribution in [3.05, 3.63) is 58.7 Å². The number of hydrogen-bond donors (Lipinski definition) is 1. The van der Waals surface area contributed by atoms with Crippen LogP contribution in [0, 0.1) is 6.92 Å². The second-order valence-electron chi connectivity index (χ2n) is 5.86. The Morgan fingerprint density at radius 3 is 2.43 bits per heavy atom. The first-order chi connectivity index (χ1) is 10.3. The molecule has 2 heteroatoms. The molecule has 110 valence electrons. The van der Waals surface area contributed by atoms with Crippen LogP contribution < -0.4 is 10.1 Å². The molecule has 0 aliphatic heterocycles. The lowest BCUT2D eigenvalue weighted by Gasteiger charge is -2.17. The molecule has 2 nitrogen and oxygen atoms in total. The predicted octanol–water partition coefficient (Wildman–Crippen LogP) is 4.39. The van der Waals surface area contributed by atoms with Crippen LogP contribution in [0.3, 0.4) is 0 Å². The van der Waals surface area contributed by atoms with Gasteiger partial charge in [-0.05, 0) is 86.2 Å². The quantitative estimate of drug-likeness (QED) is 0.897. The standard InChI is InChI=1S/C19H23NO/c1-14-11-18(10-8-17(14)13-20-2)21-19-9-7-15-5-3-4-6-16(15)12-19/h7-12,20H,3-6,13H2,1-2H3. The Hall–Kier alpha value is -1.80. The summed E-state index contributed by atoms with van der Waals surface area (Å²) in [4.78, 5) is 0. The molecule has 1 aliphatic rings. The first-order valence-corrected chi connectivity index (χ1v) is 7.80. The van der Waals surface area contributed by atoms with Crippen LogP contribution in [0.1, 0.15) is 35.1 Å². The van der Waals surface area contributed by atoms with Crippen molar-refractivity contribution in [2.24, 2.45) is 0 Å². The van der Waals surface area contributed by atoms with Crippen LogP contribution in [0.4, 0.5) is 0 Å². The molecule has 21 heavy (non-hydrogen) atoms. The second kappa shape index (κ2) is 6.31. The van der Waals surface area contributed by atoms with Crippen LogP contribution in [-0.4, -0.2) is 7.05 Å². The lowest BCUT2D eigenvalue weighted by Crippen LogP contribution is -2.06. The SMILES string of the molecule is CNCc1ccc(Oc2ccc3c(c2)CCCC3)cc1C. The molecule has 0 atom stereocenters. The first-order valence-electron chi connectivity index (χ1n) is 7.80. The van der Waals surface area contributed by atoms with Gasteiger partial charge in [0.15, 0.2) is 0 Å². The number of benzene rings is 2. The van der Waals surface area contributed by atoms with Crippen molar-refractivity contribution in [3.63, 3.8) is 0 Å². The van der Waals surface area contributed by atoms with Crippen molar-refractivity contribution in [1.29, 1.82) is 0 Å². The average molecular weight is 281 g/mol. The van der Waals surface area contributed by atoms with Gasteiger partial charge in [-0.3, -0.25) is 0 Å². The van der Waals surface area contributed by atoms with Crippen LogP contribution >= 0.6 is 0 Å². The number of ether oxygens (including phenoxy) is 1. The minimum Gasteiger partial charge on any atom is -0.457 e. The molecular weight excluding hydrogens is 258 g/mol. The van der Waals surface area contributed by atoms with E-state index in [1.165, 1.54) is 47.9 Å². The molecule has 0 heterocycles. The molecule has 1 N–H and O–H groups in total. The van der Waals surface area contributed by atoms with E-state index < -0.39 is 0 Å². The fourth-order valence-corrected chi connectivity index (χ4v) is 3.03. The van der Waals surface area contributed by atoms with Gasteiger partial charge in [0.1, 0.15) is 11.5 Å². The maximum Gasteiger partial charge on any atom is 0.127 e. The Labute approximate surface area is 127 Å². The third-order valence-corrected chi connectivity index (χ3v) is 4.24. The number of nitrogens with one attached hydrogen (secondary N) is 1. The maximum atomic E-state index is 6.04. The zero-order valence-electron chi connectivity index (χ0n) is 12.9. The summed E-state index contributed by atoms with van der Waals surface area (Å²) >= 11 is 0. The van der Waals surface area contributed by atoms with Gasteiger partial charge in [-0.25, -0.2) is 0 Å². The molecule has 1 aliphatic carbocycles. The van der Waals surface area contributed by atoms with Crippen LogP contribution in [0.2, 0.25) is 0 Å². The second-order valence-corrected chi connectivity index (χ2v) is 5.86. The third-order valence-electron chi connectivity index (χ3n) is 4.24. The fourth-order valence-electron chi connectivity index (χ4n) is 3.03. The van der Waals surface area contributed by atoms with Gasteiger partial charge in [-0.2, -0.15) is 0 Å². The molecular formula is C19H23NO. The zero-order chi connectivity index (χ0) is 14.7.